The molecule has 1 aliphatic rings. The van der Waals surface area contributed by atoms with Crippen LogP contribution < -0.4 is 20.3 Å². The number of benzene rings is 2. The van der Waals surface area contributed by atoms with Crippen LogP contribution in [0.4, 0.5) is 11.4 Å². The van der Waals surface area contributed by atoms with Gasteiger partial charge in [0, 0.05) is 24.6 Å². The first kappa shape index (κ1) is 27.0. The van der Waals surface area contributed by atoms with E-state index in [2.05, 4.69) is 15.6 Å². The van der Waals surface area contributed by atoms with E-state index in [0.717, 1.165) is 5.69 Å². The Morgan fingerprint density at radius 3 is 2.72 bits per heavy atom. The fourth-order valence-electron chi connectivity index (χ4n) is 4.53. The number of thiocarbonyl (C=S) groups is 1. The molecule has 2 aromatic heterocycles. The number of carbonyl (C=O) groups excluding carboxylic acids is 1. The Labute approximate surface area is 240 Å². The van der Waals surface area contributed by atoms with Crippen LogP contribution in [0.1, 0.15) is 23.5 Å². The number of halogens is 2. The second-order valence-electron chi connectivity index (χ2n) is 8.67. The maximum absolute atomic E-state index is 12.3. The number of nitrogens with one attached hydrogen (secondary N) is 2. The molecule has 0 aliphatic carbocycles. The Morgan fingerprint density at radius 1 is 1.13 bits per heavy atom. The summed E-state index contributed by atoms with van der Waals surface area (Å²) in [6.45, 7) is -0.0946. The maximum Gasteiger partial charge on any atom is 0.250 e. The number of aromatic nitrogens is 1. The molecule has 8 nitrogen and oxygen atoms in total. The Hall–Kier alpha value is -3.63. The van der Waals surface area contributed by atoms with Gasteiger partial charge in [0.2, 0.25) is 5.91 Å². The van der Waals surface area contributed by atoms with Crippen molar-refractivity contribution in [3.05, 3.63) is 94.4 Å². The van der Waals surface area contributed by atoms with E-state index in [0.29, 0.717) is 49.4 Å². The summed E-state index contributed by atoms with van der Waals surface area (Å²) in [5.74, 6) is 1.38. The Balaban J connectivity index is 1.59. The van der Waals surface area contributed by atoms with Crippen molar-refractivity contribution >= 4 is 57.8 Å². The molecule has 0 spiro atoms. The molecule has 2 N–H and O–H groups in total. The minimum absolute atomic E-state index is 0.0946. The zero-order valence-electron chi connectivity index (χ0n) is 21.0. The van der Waals surface area contributed by atoms with Crippen LogP contribution in [0.2, 0.25) is 10.0 Å². The van der Waals surface area contributed by atoms with E-state index >= 15 is 0 Å². The second-order valence-corrected chi connectivity index (χ2v) is 9.84. The zero-order chi connectivity index (χ0) is 27.5. The van der Waals surface area contributed by atoms with E-state index in [1.807, 2.05) is 53.4 Å². The summed E-state index contributed by atoms with van der Waals surface area (Å²) in [7, 11) is 2.99. The summed E-state index contributed by atoms with van der Waals surface area (Å²) in [6, 6.07) is 19.5. The van der Waals surface area contributed by atoms with Crippen molar-refractivity contribution in [1.82, 2.24) is 10.3 Å². The zero-order valence-corrected chi connectivity index (χ0v) is 23.3. The van der Waals surface area contributed by atoms with Crippen LogP contribution in [0.3, 0.4) is 0 Å². The largest absolute Gasteiger partial charge is 0.495 e. The SMILES string of the molecule is COCC(=O)Nc1cc(N2C(=S)N[C@H](c3ccccn3)[C@H]2c2ccc(-c3cccc(Cl)c3Cl)o2)ccc1OC. The smallest absolute Gasteiger partial charge is 0.250 e. The molecule has 4 aromatic rings. The maximum atomic E-state index is 12.3. The number of nitrogens with zero attached hydrogens (tertiary/aromatic N) is 2. The van der Waals surface area contributed by atoms with E-state index in [9.17, 15) is 4.79 Å². The Kier molecular flexibility index (Phi) is 8.04. The van der Waals surface area contributed by atoms with Gasteiger partial charge in [0.25, 0.3) is 0 Å². The number of amides is 1. The van der Waals surface area contributed by atoms with E-state index < -0.39 is 6.04 Å². The van der Waals surface area contributed by atoms with Gasteiger partial charge in [-0.25, -0.2) is 0 Å². The van der Waals surface area contributed by atoms with Gasteiger partial charge in [0.05, 0.1) is 34.6 Å². The first-order valence-electron chi connectivity index (χ1n) is 11.9. The van der Waals surface area contributed by atoms with Crippen molar-refractivity contribution in [1.29, 1.82) is 0 Å². The third-order valence-corrected chi connectivity index (χ3v) is 7.38. The lowest BCUT2D eigenvalue weighted by molar-refractivity contribution is -0.119. The fraction of sp³-hybridized carbons (Fsp3) is 0.179. The molecule has 200 valence electrons. The third kappa shape index (κ3) is 5.44. The lowest BCUT2D eigenvalue weighted by Crippen LogP contribution is -2.29. The molecule has 1 aliphatic heterocycles. The number of anilines is 2. The van der Waals surface area contributed by atoms with Gasteiger partial charge in [-0.1, -0.05) is 35.3 Å². The lowest BCUT2D eigenvalue weighted by Gasteiger charge is -2.27. The molecular weight excluding hydrogens is 559 g/mol. The number of rotatable bonds is 8. The molecule has 11 heteroatoms. The van der Waals surface area contributed by atoms with Crippen molar-refractivity contribution in [3.63, 3.8) is 0 Å². The molecule has 0 saturated carbocycles. The summed E-state index contributed by atoms with van der Waals surface area (Å²) in [6.07, 6.45) is 1.73. The predicted octanol–water partition coefficient (Wildman–Crippen LogP) is 6.42. The van der Waals surface area contributed by atoms with Gasteiger partial charge in [-0.15, -0.1) is 0 Å². The number of pyridine rings is 1. The summed E-state index contributed by atoms with van der Waals surface area (Å²) in [5, 5.41) is 7.54. The van der Waals surface area contributed by atoms with E-state index in [1.165, 1.54) is 14.2 Å². The van der Waals surface area contributed by atoms with Crippen LogP contribution in [0, 0.1) is 0 Å². The molecule has 0 bridgehead atoms. The highest BCUT2D eigenvalue weighted by Crippen LogP contribution is 2.45. The molecule has 39 heavy (non-hydrogen) atoms. The predicted molar refractivity (Wildman–Crippen MR) is 156 cm³/mol. The van der Waals surface area contributed by atoms with Crippen molar-refractivity contribution in [3.8, 4) is 17.1 Å². The molecular formula is C28H24Cl2N4O4S. The van der Waals surface area contributed by atoms with Crippen LogP contribution in [0.25, 0.3) is 11.3 Å². The molecule has 1 saturated heterocycles. The molecule has 3 heterocycles. The molecule has 1 fully saturated rings. The number of ether oxygens (including phenoxy) is 2. The van der Waals surface area contributed by atoms with Crippen molar-refractivity contribution in [2.75, 3.05) is 31.0 Å². The van der Waals surface area contributed by atoms with Crippen molar-refractivity contribution in [2.24, 2.45) is 0 Å². The number of hydrogen-bond donors (Lipinski definition) is 2. The number of hydrogen-bond acceptors (Lipinski definition) is 6. The van der Waals surface area contributed by atoms with E-state index in [-0.39, 0.29) is 18.6 Å². The van der Waals surface area contributed by atoms with Crippen LogP contribution in [0.15, 0.2) is 77.3 Å². The van der Waals surface area contributed by atoms with Gasteiger partial charge in [0.1, 0.15) is 29.9 Å². The Morgan fingerprint density at radius 2 is 1.97 bits per heavy atom. The molecule has 0 unspecified atom stereocenters. The van der Waals surface area contributed by atoms with Crippen molar-refractivity contribution in [2.45, 2.75) is 12.1 Å². The highest BCUT2D eigenvalue weighted by molar-refractivity contribution is 7.80. The van der Waals surface area contributed by atoms with Gasteiger partial charge < -0.3 is 29.4 Å². The van der Waals surface area contributed by atoms with E-state index in [4.69, 9.17) is 49.3 Å². The average molecular weight is 583 g/mol. The quantitative estimate of drug-likeness (QED) is 0.230. The standard InChI is InChI=1S/C28H24Cl2N4O4S/c1-36-15-24(35)32-20-14-16(9-10-22(20)37-2)34-27(26(33-28(34)39)19-8-3-4-13-31-19)23-12-11-21(38-23)17-6-5-7-18(29)25(17)30/h3-14,26-27H,15H2,1-2H3,(H,32,35)(H,33,39)/t26-,27-/m1/s1. The average Bonchev–Trinajstić information content (AvgIpc) is 3.55. The second kappa shape index (κ2) is 11.6. The molecule has 5 rings (SSSR count). The van der Waals surface area contributed by atoms with Crippen LogP contribution in [-0.4, -0.2) is 36.8 Å². The summed E-state index contributed by atoms with van der Waals surface area (Å²) >= 11 is 18.5. The van der Waals surface area contributed by atoms with Gasteiger partial charge in [-0.3, -0.25) is 9.78 Å². The number of carbonyl (C=O) groups is 1. The molecule has 1 amide bonds. The summed E-state index contributed by atoms with van der Waals surface area (Å²) in [4.78, 5) is 18.8. The van der Waals surface area contributed by atoms with Gasteiger partial charge in [0.15, 0.2) is 5.11 Å². The number of furan rings is 1. The lowest BCUT2D eigenvalue weighted by atomic mass is 10.0. The van der Waals surface area contributed by atoms with Gasteiger partial charge in [-0.05, 0) is 66.8 Å². The summed E-state index contributed by atoms with van der Waals surface area (Å²) in [5.41, 5.74) is 2.65. The van der Waals surface area contributed by atoms with E-state index in [1.54, 1.807) is 24.4 Å². The van der Waals surface area contributed by atoms with Crippen LogP contribution >= 0.6 is 35.4 Å². The highest BCUT2D eigenvalue weighted by Gasteiger charge is 2.43. The Bertz CT molecular complexity index is 1510. The molecule has 2 atom stereocenters. The normalized spacial score (nSPS) is 16.7. The van der Waals surface area contributed by atoms with Crippen LogP contribution in [-0.2, 0) is 9.53 Å². The molecule has 2 aromatic carbocycles. The monoisotopic (exact) mass is 582 g/mol. The first-order valence-corrected chi connectivity index (χ1v) is 13.1. The first-order chi connectivity index (χ1) is 18.9. The number of methoxy groups -OCH3 is 2. The third-order valence-electron chi connectivity index (χ3n) is 6.24. The summed E-state index contributed by atoms with van der Waals surface area (Å²) < 4.78 is 16.8. The van der Waals surface area contributed by atoms with Crippen LogP contribution in [0.5, 0.6) is 5.75 Å². The minimum Gasteiger partial charge on any atom is -0.495 e. The van der Waals surface area contributed by atoms with Gasteiger partial charge in [-0.2, -0.15) is 0 Å². The van der Waals surface area contributed by atoms with Crippen molar-refractivity contribution < 1.29 is 18.7 Å². The molecule has 0 radical (unpaired) electrons. The minimum atomic E-state index is -0.421. The topological polar surface area (TPSA) is 88.9 Å². The fourth-order valence-corrected chi connectivity index (χ4v) is 5.27. The van der Waals surface area contributed by atoms with Gasteiger partial charge >= 0.3 is 0 Å². The highest BCUT2D eigenvalue weighted by atomic mass is 35.5.